The van der Waals surface area contributed by atoms with Crippen LogP contribution in [-0.4, -0.2) is 30.4 Å². The van der Waals surface area contributed by atoms with Gasteiger partial charge in [0, 0.05) is 15.4 Å². The van der Waals surface area contributed by atoms with Crippen molar-refractivity contribution in [3.05, 3.63) is 39.1 Å². The predicted octanol–water partition coefficient (Wildman–Crippen LogP) is 4.73. The molecule has 156 valence electrons. The van der Waals surface area contributed by atoms with Gasteiger partial charge in [0.05, 0.1) is 24.9 Å². The molecule has 6 heteroatoms. The molecule has 0 saturated carbocycles. The molecule has 1 N–H and O–H groups in total. The average Bonchev–Trinajstić information content (AvgIpc) is 3.14. The zero-order chi connectivity index (χ0) is 21.4. The number of carbonyl (C=O) groups excluding carboxylic acids is 1. The van der Waals surface area contributed by atoms with Crippen molar-refractivity contribution in [1.29, 1.82) is 5.26 Å². The summed E-state index contributed by atoms with van der Waals surface area (Å²) in [5, 5.41) is 12.2. The first-order valence-electron chi connectivity index (χ1n) is 10.3. The van der Waals surface area contributed by atoms with Crippen molar-refractivity contribution in [2.24, 2.45) is 11.8 Å². The van der Waals surface area contributed by atoms with E-state index in [1.807, 2.05) is 29.6 Å². The second-order valence-electron chi connectivity index (χ2n) is 8.40. The molecule has 2 rings (SSSR count). The smallest absolute Gasteiger partial charge is 0.210 e. The van der Waals surface area contributed by atoms with E-state index in [2.05, 4.69) is 54.7 Å². The largest absolute Gasteiger partial charge is 0.329 e. The number of carbonyl (C=O) groups is 1. The van der Waals surface area contributed by atoms with Crippen LogP contribution in [0.1, 0.15) is 51.5 Å². The third kappa shape index (κ3) is 7.65. The predicted molar refractivity (Wildman–Crippen MR) is 123 cm³/mol. The van der Waals surface area contributed by atoms with Crippen LogP contribution in [0, 0.1) is 23.2 Å². The summed E-state index contributed by atoms with van der Waals surface area (Å²) >= 11 is 4.83. The van der Waals surface area contributed by atoms with Gasteiger partial charge in [-0.25, -0.2) is 4.98 Å². The molecule has 0 saturated heterocycles. The summed E-state index contributed by atoms with van der Waals surface area (Å²) in [7, 11) is 0. The molecule has 1 heterocycles. The fourth-order valence-electron chi connectivity index (χ4n) is 3.07. The lowest BCUT2D eigenvalue weighted by atomic mass is 10.0. The van der Waals surface area contributed by atoms with E-state index in [1.165, 1.54) is 16.2 Å². The van der Waals surface area contributed by atoms with Crippen LogP contribution < -0.4 is 4.90 Å². The van der Waals surface area contributed by atoms with Crippen molar-refractivity contribution in [3.63, 3.8) is 0 Å². The molecule has 0 bridgehead atoms. The first kappa shape index (κ1) is 23.7. The minimum Gasteiger partial charge on any atom is -0.329 e. The van der Waals surface area contributed by atoms with Gasteiger partial charge in [0.2, 0.25) is 5.78 Å². The summed E-state index contributed by atoms with van der Waals surface area (Å²) < 4.78 is 1.01. The van der Waals surface area contributed by atoms with Crippen LogP contribution in [0.3, 0.4) is 0 Å². The van der Waals surface area contributed by atoms with E-state index in [9.17, 15) is 10.1 Å². The molecule has 1 atom stereocenters. The minimum absolute atomic E-state index is 0.0216. The SMILES string of the molecule is CC(C)CC[NH+](CCC(C)C)CC(=O)[C@@H](C#N)c1nc(-c2ccc(Br)cc2)cs1. The van der Waals surface area contributed by atoms with Crippen LogP contribution in [0.5, 0.6) is 0 Å². The highest BCUT2D eigenvalue weighted by Gasteiger charge is 2.27. The van der Waals surface area contributed by atoms with Gasteiger partial charge in [0.1, 0.15) is 11.6 Å². The van der Waals surface area contributed by atoms with Gasteiger partial charge in [-0.3, -0.25) is 4.79 Å². The summed E-state index contributed by atoms with van der Waals surface area (Å²) in [6.45, 7) is 11.2. The van der Waals surface area contributed by atoms with Crippen LogP contribution in [0.2, 0.25) is 0 Å². The number of nitriles is 1. The van der Waals surface area contributed by atoms with E-state index in [0.29, 0.717) is 23.4 Å². The molecular weight excluding hydrogens is 446 g/mol. The molecule has 0 aliphatic carbocycles. The Kier molecular flexibility index (Phi) is 9.48. The van der Waals surface area contributed by atoms with E-state index in [0.717, 1.165) is 41.7 Å². The Labute approximate surface area is 187 Å². The van der Waals surface area contributed by atoms with Gasteiger partial charge >= 0.3 is 0 Å². The highest BCUT2D eigenvalue weighted by Crippen LogP contribution is 2.27. The quantitative estimate of drug-likeness (QED) is 0.509. The molecule has 0 fully saturated rings. The molecule has 1 aromatic heterocycles. The van der Waals surface area contributed by atoms with E-state index < -0.39 is 5.92 Å². The van der Waals surface area contributed by atoms with Crippen molar-refractivity contribution in [2.45, 2.75) is 46.5 Å². The molecule has 29 heavy (non-hydrogen) atoms. The van der Waals surface area contributed by atoms with Crippen LogP contribution in [0.15, 0.2) is 34.1 Å². The lowest BCUT2D eigenvalue weighted by molar-refractivity contribution is -0.893. The molecule has 0 amide bonds. The van der Waals surface area contributed by atoms with Gasteiger partial charge in [-0.1, -0.05) is 55.8 Å². The third-order valence-corrected chi connectivity index (χ3v) is 6.37. The maximum atomic E-state index is 13.0. The van der Waals surface area contributed by atoms with Gasteiger partial charge in [-0.15, -0.1) is 11.3 Å². The van der Waals surface area contributed by atoms with Crippen molar-refractivity contribution in [3.8, 4) is 17.3 Å². The molecule has 1 aromatic carbocycles. The summed E-state index contributed by atoms with van der Waals surface area (Å²) in [6.07, 6.45) is 2.17. The van der Waals surface area contributed by atoms with Gasteiger partial charge < -0.3 is 4.90 Å². The van der Waals surface area contributed by atoms with E-state index in [-0.39, 0.29) is 5.78 Å². The van der Waals surface area contributed by atoms with Gasteiger partial charge in [-0.05, 0) is 36.8 Å². The number of benzene rings is 1. The molecule has 2 aromatic rings. The molecule has 0 aliphatic rings. The topological polar surface area (TPSA) is 58.2 Å². The normalized spacial score (nSPS) is 12.5. The zero-order valence-corrected chi connectivity index (χ0v) is 20.1. The van der Waals surface area contributed by atoms with Gasteiger partial charge in [0.15, 0.2) is 5.92 Å². The van der Waals surface area contributed by atoms with Crippen LogP contribution in [0.25, 0.3) is 11.3 Å². The van der Waals surface area contributed by atoms with Crippen molar-refractivity contribution >= 4 is 33.0 Å². The van der Waals surface area contributed by atoms with E-state index >= 15 is 0 Å². The molecule has 0 aliphatic heterocycles. The number of quaternary nitrogens is 1. The Balaban J connectivity index is 2.09. The van der Waals surface area contributed by atoms with Crippen molar-refractivity contribution < 1.29 is 9.69 Å². The monoisotopic (exact) mass is 476 g/mol. The zero-order valence-electron chi connectivity index (χ0n) is 17.7. The number of Topliss-reactive ketones (excluding diaryl/α,β-unsaturated/α-hetero) is 1. The second-order valence-corrected chi connectivity index (χ2v) is 10.2. The first-order valence-corrected chi connectivity index (χ1v) is 11.9. The molecular formula is C23H31BrN3OS+. The van der Waals surface area contributed by atoms with Crippen molar-refractivity contribution in [2.75, 3.05) is 19.6 Å². The number of rotatable bonds is 11. The van der Waals surface area contributed by atoms with E-state index in [1.54, 1.807) is 0 Å². The minimum atomic E-state index is -0.780. The second kappa shape index (κ2) is 11.6. The summed E-state index contributed by atoms with van der Waals surface area (Å²) in [4.78, 5) is 18.9. The fourth-order valence-corrected chi connectivity index (χ4v) is 4.23. The Morgan fingerprint density at radius 1 is 1.14 bits per heavy atom. The maximum absolute atomic E-state index is 13.0. The number of hydrogen-bond acceptors (Lipinski definition) is 4. The van der Waals surface area contributed by atoms with Crippen LogP contribution >= 0.6 is 27.3 Å². The lowest BCUT2D eigenvalue weighted by Crippen LogP contribution is -3.13. The summed E-state index contributed by atoms with van der Waals surface area (Å²) in [5.41, 5.74) is 1.80. The van der Waals surface area contributed by atoms with E-state index in [4.69, 9.17) is 0 Å². The van der Waals surface area contributed by atoms with Gasteiger partial charge in [-0.2, -0.15) is 5.26 Å². The Morgan fingerprint density at radius 3 is 2.24 bits per heavy atom. The average molecular weight is 477 g/mol. The fraction of sp³-hybridized carbons (Fsp3) is 0.522. The molecule has 0 radical (unpaired) electrons. The Bertz CT molecular complexity index is 811. The standard InChI is InChI=1S/C23H30BrN3OS/c1-16(2)9-11-27(12-10-17(3)4)14-22(28)20(13-25)23-26-21(15-29-23)18-5-7-19(24)8-6-18/h5-8,15-17,20H,9-12,14H2,1-4H3/p+1/t20-/m1/s1. The van der Waals surface area contributed by atoms with Crippen molar-refractivity contribution in [1.82, 2.24) is 4.98 Å². The maximum Gasteiger partial charge on any atom is 0.210 e. The number of thiazole rings is 1. The molecule has 0 spiro atoms. The first-order chi connectivity index (χ1) is 13.8. The molecule has 0 unspecified atom stereocenters. The van der Waals surface area contributed by atoms with Crippen LogP contribution in [-0.2, 0) is 4.79 Å². The van der Waals surface area contributed by atoms with Gasteiger partial charge in [0.25, 0.3) is 0 Å². The number of nitrogens with zero attached hydrogens (tertiary/aromatic N) is 2. The molecule has 4 nitrogen and oxygen atoms in total. The lowest BCUT2D eigenvalue weighted by Gasteiger charge is -2.21. The highest BCUT2D eigenvalue weighted by molar-refractivity contribution is 9.10. The number of halogens is 1. The number of nitrogens with one attached hydrogen (secondary N) is 1. The summed E-state index contributed by atoms with van der Waals surface area (Å²) in [5.74, 6) is 0.417. The Morgan fingerprint density at radius 2 is 1.72 bits per heavy atom. The number of hydrogen-bond donors (Lipinski definition) is 1. The third-order valence-electron chi connectivity index (χ3n) is 4.93. The Hall–Kier alpha value is -1.55. The van der Waals surface area contributed by atoms with Crippen LogP contribution in [0.4, 0.5) is 0 Å². The summed E-state index contributed by atoms with van der Waals surface area (Å²) in [6, 6.07) is 10.1. The highest BCUT2D eigenvalue weighted by atomic mass is 79.9. The number of aromatic nitrogens is 1. The number of ketones is 1.